The molecule has 3 rings (SSSR count). The molecule has 2 heterocycles. The summed E-state index contributed by atoms with van der Waals surface area (Å²) >= 11 is 1.65. The van der Waals surface area contributed by atoms with Crippen molar-refractivity contribution in [1.29, 1.82) is 0 Å². The summed E-state index contributed by atoms with van der Waals surface area (Å²) in [6, 6.07) is 6.45. The highest BCUT2D eigenvalue weighted by molar-refractivity contribution is 7.15. The predicted octanol–water partition coefficient (Wildman–Crippen LogP) is 3.43. The summed E-state index contributed by atoms with van der Waals surface area (Å²) in [5, 5.41) is 2.04. The van der Waals surface area contributed by atoms with E-state index in [0.717, 1.165) is 22.6 Å². The number of fused-ring (bicyclic) bond motifs is 1. The monoisotopic (exact) mass is 285 g/mol. The molecule has 1 aromatic carbocycles. The average Bonchev–Trinajstić information content (AvgIpc) is 2.92. The molecule has 2 aromatic heterocycles. The van der Waals surface area contributed by atoms with E-state index in [1.165, 1.54) is 11.1 Å². The Labute approximate surface area is 123 Å². The Bertz CT molecular complexity index is 724. The third-order valence-electron chi connectivity index (χ3n) is 3.86. The van der Waals surface area contributed by atoms with Crippen LogP contribution in [0.3, 0.4) is 0 Å². The summed E-state index contributed by atoms with van der Waals surface area (Å²) in [5.41, 5.74) is 10.9. The van der Waals surface area contributed by atoms with Crippen molar-refractivity contribution in [3.63, 3.8) is 0 Å². The standard InChI is InChI=1S/C16H19N3S/c1-11-4-5-13(8-12(11)2)16(3,17)9-14-10-19-6-7-20-15(19)18-14/h4-8,10H,9,17H2,1-3H3. The molecule has 4 heteroatoms. The Morgan fingerprint density at radius 3 is 2.80 bits per heavy atom. The number of rotatable bonds is 3. The van der Waals surface area contributed by atoms with Crippen molar-refractivity contribution in [2.75, 3.05) is 0 Å². The smallest absolute Gasteiger partial charge is 0.193 e. The van der Waals surface area contributed by atoms with E-state index >= 15 is 0 Å². The minimum atomic E-state index is -0.400. The second-order valence-corrected chi connectivity index (χ2v) is 6.59. The van der Waals surface area contributed by atoms with Crippen LogP contribution >= 0.6 is 11.3 Å². The molecule has 0 spiro atoms. The first-order valence-electron chi connectivity index (χ1n) is 6.73. The third kappa shape index (κ3) is 2.37. The number of aromatic nitrogens is 2. The number of aryl methyl sites for hydroxylation is 2. The second-order valence-electron chi connectivity index (χ2n) is 5.72. The fraction of sp³-hybridized carbons (Fsp3) is 0.312. The van der Waals surface area contributed by atoms with Gasteiger partial charge in [-0.15, -0.1) is 11.3 Å². The van der Waals surface area contributed by atoms with Gasteiger partial charge < -0.3 is 5.73 Å². The lowest BCUT2D eigenvalue weighted by Gasteiger charge is -2.25. The van der Waals surface area contributed by atoms with E-state index in [1.807, 2.05) is 11.6 Å². The summed E-state index contributed by atoms with van der Waals surface area (Å²) in [5.74, 6) is 0. The van der Waals surface area contributed by atoms with Gasteiger partial charge in [-0.3, -0.25) is 4.40 Å². The van der Waals surface area contributed by atoms with Gasteiger partial charge in [-0.2, -0.15) is 0 Å². The first-order valence-corrected chi connectivity index (χ1v) is 7.61. The largest absolute Gasteiger partial charge is 0.321 e. The van der Waals surface area contributed by atoms with Crippen molar-refractivity contribution >= 4 is 16.3 Å². The van der Waals surface area contributed by atoms with E-state index in [0.29, 0.717) is 0 Å². The molecule has 20 heavy (non-hydrogen) atoms. The molecule has 2 N–H and O–H groups in total. The van der Waals surface area contributed by atoms with Gasteiger partial charge in [-0.05, 0) is 37.5 Å². The molecule has 1 atom stereocenters. The lowest BCUT2D eigenvalue weighted by Crippen LogP contribution is -2.35. The maximum Gasteiger partial charge on any atom is 0.193 e. The number of nitrogens with zero attached hydrogens (tertiary/aromatic N) is 2. The van der Waals surface area contributed by atoms with Gasteiger partial charge in [0.2, 0.25) is 0 Å². The summed E-state index contributed by atoms with van der Waals surface area (Å²) in [7, 11) is 0. The van der Waals surface area contributed by atoms with Crippen LogP contribution in [0, 0.1) is 13.8 Å². The summed E-state index contributed by atoms with van der Waals surface area (Å²) in [6.07, 6.45) is 4.84. The van der Waals surface area contributed by atoms with Crippen molar-refractivity contribution in [1.82, 2.24) is 9.38 Å². The normalized spacial score (nSPS) is 14.6. The van der Waals surface area contributed by atoms with Gasteiger partial charge in [-0.25, -0.2) is 4.98 Å². The van der Waals surface area contributed by atoms with Crippen molar-refractivity contribution in [2.24, 2.45) is 5.73 Å². The van der Waals surface area contributed by atoms with Crippen LogP contribution in [0.25, 0.3) is 4.96 Å². The molecule has 0 aliphatic heterocycles. The van der Waals surface area contributed by atoms with Crippen molar-refractivity contribution < 1.29 is 0 Å². The zero-order valence-electron chi connectivity index (χ0n) is 12.1. The van der Waals surface area contributed by atoms with Crippen LogP contribution in [0.4, 0.5) is 0 Å². The highest BCUT2D eigenvalue weighted by atomic mass is 32.1. The van der Waals surface area contributed by atoms with Crippen LogP contribution in [0.2, 0.25) is 0 Å². The number of nitrogens with two attached hydrogens (primary N) is 1. The fourth-order valence-electron chi connectivity index (χ4n) is 2.44. The molecular formula is C16H19N3S. The number of hydrogen-bond acceptors (Lipinski definition) is 3. The summed E-state index contributed by atoms with van der Waals surface area (Å²) in [4.78, 5) is 5.65. The third-order valence-corrected chi connectivity index (χ3v) is 4.63. The van der Waals surface area contributed by atoms with Crippen LogP contribution in [0.1, 0.15) is 29.3 Å². The second kappa shape index (κ2) is 4.72. The first kappa shape index (κ1) is 13.3. The molecule has 0 saturated carbocycles. The minimum absolute atomic E-state index is 0.400. The number of benzene rings is 1. The maximum atomic E-state index is 6.53. The average molecular weight is 285 g/mol. The van der Waals surface area contributed by atoms with Crippen LogP contribution < -0.4 is 5.73 Å². The van der Waals surface area contributed by atoms with E-state index in [2.05, 4.69) is 54.6 Å². The Morgan fingerprint density at radius 2 is 2.10 bits per heavy atom. The highest BCUT2D eigenvalue weighted by Gasteiger charge is 2.23. The van der Waals surface area contributed by atoms with E-state index in [9.17, 15) is 0 Å². The van der Waals surface area contributed by atoms with Gasteiger partial charge >= 0.3 is 0 Å². The Morgan fingerprint density at radius 1 is 1.30 bits per heavy atom. The van der Waals surface area contributed by atoms with Gasteiger partial charge in [0.15, 0.2) is 4.96 Å². The molecule has 0 aliphatic rings. The van der Waals surface area contributed by atoms with Crippen molar-refractivity contribution in [3.05, 3.63) is 58.4 Å². The molecule has 3 aromatic rings. The first-order chi connectivity index (χ1) is 9.45. The molecule has 0 amide bonds. The SMILES string of the molecule is Cc1ccc(C(C)(N)Cc2cn3ccsc3n2)cc1C. The van der Waals surface area contributed by atoms with Crippen molar-refractivity contribution in [2.45, 2.75) is 32.7 Å². The van der Waals surface area contributed by atoms with Gasteiger partial charge in [-0.1, -0.05) is 18.2 Å². The Balaban J connectivity index is 1.90. The topological polar surface area (TPSA) is 43.3 Å². The number of hydrogen-bond donors (Lipinski definition) is 1. The fourth-order valence-corrected chi connectivity index (χ4v) is 3.16. The molecule has 0 saturated heterocycles. The highest BCUT2D eigenvalue weighted by Crippen LogP contribution is 2.25. The van der Waals surface area contributed by atoms with Crippen LogP contribution in [-0.2, 0) is 12.0 Å². The molecule has 0 aliphatic carbocycles. The molecule has 3 nitrogen and oxygen atoms in total. The molecule has 0 fully saturated rings. The lowest BCUT2D eigenvalue weighted by molar-refractivity contribution is 0.486. The van der Waals surface area contributed by atoms with Crippen LogP contribution in [0.5, 0.6) is 0 Å². The minimum Gasteiger partial charge on any atom is -0.321 e. The predicted molar refractivity (Wildman–Crippen MR) is 84.2 cm³/mol. The van der Waals surface area contributed by atoms with E-state index in [-0.39, 0.29) is 0 Å². The van der Waals surface area contributed by atoms with Crippen LogP contribution in [0.15, 0.2) is 36.0 Å². The molecule has 0 bridgehead atoms. The summed E-state index contributed by atoms with van der Waals surface area (Å²) in [6.45, 7) is 6.32. The van der Waals surface area contributed by atoms with E-state index in [1.54, 1.807) is 11.3 Å². The Kier molecular flexibility index (Phi) is 3.15. The number of imidazole rings is 1. The van der Waals surface area contributed by atoms with Crippen LogP contribution in [-0.4, -0.2) is 9.38 Å². The van der Waals surface area contributed by atoms with Gasteiger partial charge in [0, 0.05) is 29.7 Å². The molecule has 1 unspecified atom stereocenters. The number of thiazole rings is 1. The zero-order chi connectivity index (χ0) is 14.3. The van der Waals surface area contributed by atoms with E-state index < -0.39 is 5.54 Å². The quantitative estimate of drug-likeness (QED) is 0.801. The molecule has 0 radical (unpaired) electrons. The summed E-state index contributed by atoms with van der Waals surface area (Å²) < 4.78 is 2.05. The van der Waals surface area contributed by atoms with E-state index in [4.69, 9.17) is 5.73 Å². The van der Waals surface area contributed by atoms with Gasteiger partial charge in [0.25, 0.3) is 0 Å². The Hall–Kier alpha value is -1.65. The van der Waals surface area contributed by atoms with Crippen molar-refractivity contribution in [3.8, 4) is 0 Å². The molecular weight excluding hydrogens is 266 g/mol. The maximum absolute atomic E-state index is 6.53. The lowest BCUT2D eigenvalue weighted by atomic mass is 9.87. The van der Waals surface area contributed by atoms with Gasteiger partial charge in [0.05, 0.1) is 5.69 Å². The van der Waals surface area contributed by atoms with Gasteiger partial charge in [0.1, 0.15) is 0 Å². The zero-order valence-corrected chi connectivity index (χ0v) is 12.9. The molecule has 104 valence electrons.